The molecule has 5 nitrogen and oxygen atoms in total. The lowest BCUT2D eigenvalue weighted by Crippen LogP contribution is -2.23. The summed E-state index contributed by atoms with van der Waals surface area (Å²) >= 11 is 7.20. The third kappa shape index (κ3) is 3.48. The Kier molecular flexibility index (Phi) is 4.54. The molecule has 1 N–H and O–H groups in total. The summed E-state index contributed by atoms with van der Waals surface area (Å²) in [7, 11) is 1.95. The van der Waals surface area contributed by atoms with E-state index in [0.29, 0.717) is 10.8 Å². The molecule has 0 radical (unpaired) electrons. The molecule has 0 aliphatic carbocycles. The van der Waals surface area contributed by atoms with E-state index in [0.717, 1.165) is 16.2 Å². The number of rotatable bonds is 4. The second-order valence-corrected chi connectivity index (χ2v) is 6.80. The van der Waals surface area contributed by atoms with E-state index in [1.807, 2.05) is 42.8 Å². The smallest absolute Gasteiger partial charge is 0.238 e. The highest BCUT2D eigenvalue weighted by atomic mass is 35.5. The van der Waals surface area contributed by atoms with Crippen molar-refractivity contribution in [3.8, 4) is 0 Å². The minimum atomic E-state index is -0.303. The molecule has 3 aromatic rings. The number of anilines is 1. The third-order valence-corrected chi connectivity index (χ3v) is 4.74. The lowest BCUT2D eigenvalue weighted by Gasteiger charge is -2.11. The quantitative estimate of drug-likeness (QED) is 0.731. The predicted octanol–water partition coefficient (Wildman–Crippen LogP) is 3.74. The number of nitrogens with zero attached hydrogens (tertiary/aromatic N) is 3. The molecular weight excluding hydrogens is 332 g/mol. The highest BCUT2D eigenvalue weighted by Gasteiger charge is 2.18. The van der Waals surface area contributed by atoms with Crippen LogP contribution in [0.1, 0.15) is 6.92 Å². The Morgan fingerprint density at radius 1 is 1.30 bits per heavy atom. The second-order valence-electron chi connectivity index (χ2n) is 5.05. The highest BCUT2D eigenvalue weighted by molar-refractivity contribution is 8.00. The Morgan fingerprint density at radius 3 is 2.78 bits per heavy atom. The summed E-state index contributed by atoms with van der Waals surface area (Å²) in [4.78, 5) is 20.9. The number of carbonyl (C=O) groups excluding carboxylic acids is 1. The number of imidazole rings is 1. The number of hydrogen-bond donors (Lipinski definition) is 1. The molecule has 2 aromatic heterocycles. The summed E-state index contributed by atoms with van der Waals surface area (Å²) in [5.41, 5.74) is 1.96. The van der Waals surface area contributed by atoms with Crippen LogP contribution in [0.2, 0.25) is 5.02 Å². The van der Waals surface area contributed by atoms with Gasteiger partial charge in [-0.15, -0.1) is 0 Å². The normalized spacial score (nSPS) is 12.3. The number of halogens is 1. The van der Waals surface area contributed by atoms with E-state index in [-0.39, 0.29) is 11.2 Å². The number of fused-ring (bicyclic) bond motifs is 1. The molecule has 23 heavy (non-hydrogen) atoms. The van der Waals surface area contributed by atoms with Gasteiger partial charge in [-0.05, 0) is 31.2 Å². The first kappa shape index (κ1) is 15.8. The average Bonchev–Trinajstić information content (AvgIpc) is 2.86. The van der Waals surface area contributed by atoms with Crippen molar-refractivity contribution in [2.45, 2.75) is 17.3 Å². The molecule has 0 saturated heterocycles. The standard InChI is InChI=1S/C16H15ClN4OS/c1-10(15(22)20-14-8-7-11(17)9-18-14)23-16-19-12-5-3-4-6-13(12)21(16)2/h3-10H,1-2H3,(H,18,20,22). The maximum atomic E-state index is 12.3. The van der Waals surface area contributed by atoms with Crippen molar-refractivity contribution in [3.63, 3.8) is 0 Å². The van der Waals surface area contributed by atoms with Crippen molar-refractivity contribution in [2.75, 3.05) is 5.32 Å². The number of para-hydroxylation sites is 2. The van der Waals surface area contributed by atoms with Gasteiger partial charge in [0.15, 0.2) is 5.16 Å². The minimum absolute atomic E-state index is 0.128. The van der Waals surface area contributed by atoms with E-state index in [9.17, 15) is 4.79 Å². The first-order valence-electron chi connectivity index (χ1n) is 7.05. The van der Waals surface area contributed by atoms with Gasteiger partial charge in [0.05, 0.1) is 21.3 Å². The fraction of sp³-hybridized carbons (Fsp3) is 0.188. The van der Waals surface area contributed by atoms with Crippen LogP contribution in [0, 0.1) is 0 Å². The van der Waals surface area contributed by atoms with Crippen molar-refractivity contribution in [1.29, 1.82) is 0 Å². The number of carbonyl (C=O) groups is 1. The van der Waals surface area contributed by atoms with Crippen molar-refractivity contribution >= 4 is 46.1 Å². The summed E-state index contributed by atoms with van der Waals surface area (Å²) in [6.07, 6.45) is 1.50. The molecule has 3 rings (SSSR count). The summed E-state index contributed by atoms with van der Waals surface area (Å²) in [6.45, 7) is 1.84. The van der Waals surface area contributed by atoms with Crippen LogP contribution < -0.4 is 5.32 Å². The number of nitrogens with one attached hydrogen (secondary N) is 1. The van der Waals surface area contributed by atoms with E-state index in [1.165, 1.54) is 18.0 Å². The maximum Gasteiger partial charge on any atom is 0.238 e. The minimum Gasteiger partial charge on any atom is -0.322 e. The number of amides is 1. The van der Waals surface area contributed by atoms with Crippen molar-refractivity contribution in [1.82, 2.24) is 14.5 Å². The molecule has 1 aromatic carbocycles. The van der Waals surface area contributed by atoms with Crippen molar-refractivity contribution in [2.24, 2.45) is 7.05 Å². The number of aromatic nitrogens is 3. The molecule has 0 spiro atoms. The molecule has 7 heteroatoms. The molecule has 0 aliphatic rings. The monoisotopic (exact) mass is 346 g/mol. The van der Waals surface area contributed by atoms with Gasteiger partial charge in [-0.3, -0.25) is 4.79 Å². The molecule has 1 atom stereocenters. The molecule has 2 heterocycles. The number of hydrogen-bond acceptors (Lipinski definition) is 4. The van der Waals surface area contributed by atoms with Crippen LogP contribution in [0.15, 0.2) is 47.8 Å². The van der Waals surface area contributed by atoms with Crippen LogP contribution >= 0.6 is 23.4 Å². The third-order valence-electron chi connectivity index (χ3n) is 3.38. The van der Waals surface area contributed by atoms with Crippen molar-refractivity contribution < 1.29 is 4.79 Å². The molecule has 0 fully saturated rings. The Morgan fingerprint density at radius 2 is 2.09 bits per heavy atom. The van der Waals surface area contributed by atoms with Gasteiger partial charge in [-0.2, -0.15) is 0 Å². The van der Waals surface area contributed by atoms with Gasteiger partial charge < -0.3 is 9.88 Å². The number of pyridine rings is 1. The van der Waals surface area contributed by atoms with Gasteiger partial charge in [-0.25, -0.2) is 9.97 Å². The Bertz CT molecular complexity index is 847. The van der Waals surface area contributed by atoms with Crippen LogP contribution in [0.3, 0.4) is 0 Å². The van der Waals surface area contributed by atoms with Gasteiger partial charge >= 0.3 is 0 Å². The van der Waals surface area contributed by atoms with Crippen LogP contribution in [-0.4, -0.2) is 25.7 Å². The predicted molar refractivity (Wildman–Crippen MR) is 93.9 cm³/mol. The largest absolute Gasteiger partial charge is 0.322 e. The summed E-state index contributed by atoms with van der Waals surface area (Å²) in [5, 5.41) is 3.81. The van der Waals surface area contributed by atoms with Gasteiger partial charge in [0.2, 0.25) is 5.91 Å². The maximum absolute atomic E-state index is 12.3. The van der Waals surface area contributed by atoms with Crippen LogP contribution in [0.5, 0.6) is 0 Å². The van der Waals surface area contributed by atoms with Gasteiger partial charge in [-0.1, -0.05) is 35.5 Å². The van der Waals surface area contributed by atoms with Gasteiger partial charge in [0.25, 0.3) is 0 Å². The molecule has 0 saturated carbocycles. The Hall–Kier alpha value is -2.05. The molecule has 0 aliphatic heterocycles. The van der Waals surface area contributed by atoms with Crippen LogP contribution in [-0.2, 0) is 11.8 Å². The van der Waals surface area contributed by atoms with Gasteiger partial charge in [0.1, 0.15) is 5.82 Å². The van der Waals surface area contributed by atoms with E-state index < -0.39 is 0 Å². The summed E-state index contributed by atoms with van der Waals surface area (Å²) in [5.74, 6) is 0.355. The van der Waals surface area contributed by atoms with E-state index in [2.05, 4.69) is 15.3 Å². The molecule has 1 unspecified atom stereocenters. The van der Waals surface area contributed by atoms with E-state index in [1.54, 1.807) is 12.1 Å². The zero-order chi connectivity index (χ0) is 16.4. The van der Waals surface area contributed by atoms with Gasteiger partial charge in [0, 0.05) is 13.2 Å². The molecule has 1 amide bonds. The Balaban J connectivity index is 1.72. The summed E-state index contributed by atoms with van der Waals surface area (Å²) in [6, 6.07) is 11.3. The fourth-order valence-electron chi connectivity index (χ4n) is 2.12. The SMILES string of the molecule is CC(Sc1nc2ccccc2n1C)C(=O)Nc1ccc(Cl)cn1. The topological polar surface area (TPSA) is 59.8 Å². The van der Waals surface area contributed by atoms with Crippen LogP contribution in [0.4, 0.5) is 5.82 Å². The fourth-order valence-corrected chi connectivity index (χ4v) is 3.12. The Labute approximate surface area is 143 Å². The summed E-state index contributed by atoms with van der Waals surface area (Å²) < 4.78 is 1.99. The van der Waals surface area contributed by atoms with E-state index >= 15 is 0 Å². The molecule has 118 valence electrons. The first-order valence-corrected chi connectivity index (χ1v) is 8.31. The lowest BCUT2D eigenvalue weighted by atomic mass is 10.3. The van der Waals surface area contributed by atoms with Crippen LogP contribution in [0.25, 0.3) is 11.0 Å². The first-order chi connectivity index (χ1) is 11.0. The molecular formula is C16H15ClN4OS. The lowest BCUT2D eigenvalue weighted by molar-refractivity contribution is -0.115. The highest BCUT2D eigenvalue weighted by Crippen LogP contribution is 2.26. The number of thioether (sulfide) groups is 1. The zero-order valence-electron chi connectivity index (χ0n) is 12.7. The number of aryl methyl sites for hydroxylation is 1. The number of benzene rings is 1. The second kappa shape index (κ2) is 6.60. The van der Waals surface area contributed by atoms with E-state index in [4.69, 9.17) is 11.6 Å². The average molecular weight is 347 g/mol. The molecule has 0 bridgehead atoms. The zero-order valence-corrected chi connectivity index (χ0v) is 14.2. The van der Waals surface area contributed by atoms with Crippen molar-refractivity contribution in [3.05, 3.63) is 47.6 Å².